The highest BCUT2D eigenvalue weighted by Crippen LogP contribution is 2.28. The molecule has 2 aromatic rings. The van der Waals surface area contributed by atoms with Gasteiger partial charge in [-0.2, -0.15) is 0 Å². The molecule has 1 amide bonds. The highest BCUT2D eigenvalue weighted by molar-refractivity contribution is 5.98. The van der Waals surface area contributed by atoms with Crippen molar-refractivity contribution in [1.29, 1.82) is 0 Å². The van der Waals surface area contributed by atoms with E-state index in [4.69, 9.17) is 0 Å². The minimum atomic E-state index is 0. The number of hydrogen-bond donors (Lipinski definition) is 1. The molecule has 0 bridgehead atoms. The van der Waals surface area contributed by atoms with E-state index in [0.717, 1.165) is 30.0 Å². The first-order valence-corrected chi connectivity index (χ1v) is 7.14. The monoisotopic (exact) mass is 309 g/mol. The summed E-state index contributed by atoms with van der Waals surface area (Å²) in [4.78, 5) is 14.3. The van der Waals surface area contributed by atoms with Crippen molar-refractivity contribution in [3.05, 3.63) is 29.8 Å². The molecule has 1 N–H and O–H groups in total. The molecular formula is C16H24ClN3O. The Kier molecular flexibility index (Phi) is 6.24. The summed E-state index contributed by atoms with van der Waals surface area (Å²) in [7, 11) is 1.99. The summed E-state index contributed by atoms with van der Waals surface area (Å²) < 4.78 is 2.05. The number of halogens is 1. The summed E-state index contributed by atoms with van der Waals surface area (Å²) in [6, 6.07) is 8.20. The number of nitrogens with one attached hydrogen (secondary N) is 1. The number of hydrogen-bond acceptors (Lipinski definition) is 2. The Hall–Kier alpha value is -1.52. The van der Waals surface area contributed by atoms with Gasteiger partial charge in [0.15, 0.2) is 0 Å². The highest BCUT2D eigenvalue weighted by Gasteiger charge is 2.14. The topological polar surface area (TPSA) is 37.3 Å². The van der Waals surface area contributed by atoms with Gasteiger partial charge in [-0.05, 0) is 31.6 Å². The van der Waals surface area contributed by atoms with Crippen LogP contribution in [0.15, 0.2) is 24.3 Å². The summed E-state index contributed by atoms with van der Waals surface area (Å²) in [5, 5.41) is 4.24. The zero-order chi connectivity index (χ0) is 14.7. The number of fused-ring (bicyclic) bond motifs is 1. The second kappa shape index (κ2) is 7.48. The number of amides is 1. The Labute approximate surface area is 132 Å². The van der Waals surface area contributed by atoms with E-state index in [1.165, 1.54) is 5.39 Å². The van der Waals surface area contributed by atoms with Crippen molar-refractivity contribution in [2.24, 2.45) is 7.05 Å². The van der Waals surface area contributed by atoms with Crippen LogP contribution in [0.2, 0.25) is 0 Å². The highest BCUT2D eigenvalue weighted by atomic mass is 35.5. The van der Waals surface area contributed by atoms with Crippen LogP contribution in [0, 0.1) is 6.92 Å². The number of likely N-dealkylation sites (N-methyl/N-ethyl adjacent to an activating group) is 1. The minimum Gasteiger partial charge on any atom is -0.330 e. The minimum absolute atomic E-state index is 0. The van der Waals surface area contributed by atoms with Gasteiger partial charge in [0.2, 0.25) is 5.91 Å². The van der Waals surface area contributed by atoms with Crippen LogP contribution in [-0.2, 0) is 11.8 Å². The van der Waals surface area contributed by atoms with Gasteiger partial charge < -0.3 is 9.88 Å². The predicted octanol–water partition coefficient (Wildman–Crippen LogP) is 3.19. The van der Waals surface area contributed by atoms with Crippen molar-refractivity contribution in [1.82, 2.24) is 9.47 Å². The maximum Gasteiger partial charge on any atom is 0.239 e. The molecule has 0 aliphatic rings. The number of benzene rings is 1. The molecule has 0 radical (unpaired) electrons. The fourth-order valence-electron chi connectivity index (χ4n) is 2.58. The Morgan fingerprint density at radius 1 is 1.24 bits per heavy atom. The molecule has 2 rings (SSSR count). The van der Waals surface area contributed by atoms with E-state index in [9.17, 15) is 4.79 Å². The standard InChI is InChI=1S/C16H23N3O.ClH/c1-5-19(6-2)11-15(20)17-16-12(3)13-9-7-8-10-14(13)18(16)4;/h7-10H,5-6,11H2,1-4H3,(H,17,20);1H. The molecule has 21 heavy (non-hydrogen) atoms. The first-order chi connectivity index (χ1) is 9.58. The maximum atomic E-state index is 12.2. The van der Waals surface area contributed by atoms with Crippen LogP contribution in [0.5, 0.6) is 0 Å². The summed E-state index contributed by atoms with van der Waals surface area (Å²) >= 11 is 0. The largest absolute Gasteiger partial charge is 0.330 e. The van der Waals surface area contributed by atoms with Crippen molar-refractivity contribution in [3.63, 3.8) is 0 Å². The summed E-state index contributed by atoms with van der Waals surface area (Å²) in [6.07, 6.45) is 0. The molecule has 5 heteroatoms. The lowest BCUT2D eigenvalue weighted by Gasteiger charge is -2.17. The lowest BCUT2D eigenvalue weighted by molar-refractivity contribution is -0.117. The first-order valence-electron chi connectivity index (χ1n) is 7.14. The van der Waals surface area contributed by atoms with E-state index in [-0.39, 0.29) is 18.3 Å². The lowest BCUT2D eigenvalue weighted by Crippen LogP contribution is -2.33. The fraction of sp³-hybridized carbons (Fsp3) is 0.438. The lowest BCUT2D eigenvalue weighted by atomic mass is 10.2. The van der Waals surface area contributed by atoms with Gasteiger partial charge in [0.25, 0.3) is 0 Å². The van der Waals surface area contributed by atoms with Crippen LogP contribution < -0.4 is 5.32 Å². The van der Waals surface area contributed by atoms with Crippen LogP contribution >= 0.6 is 12.4 Å². The quantitative estimate of drug-likeness (QED) is 0.921. The molecule has 0 aliphatic carbocycles. The van der Waals surface area contributed by atoms with Crippen molar-refractivity contribution in [3.8, 4) is 0 Å². The molecule has 1 heterocycles. The molecule has 0 fully saturated rings. The summed E-state index contributed by atoms with van der Waals surface area (Å²) in [5.74, 6) is 0.936. The van der Waals surface area contributed by atoms with Crippen LogP contribution in [0.3, 0.4) is 0 Å². The van der Waals surface area contributed by atoms with Gasteiger partial charge in [0, 0.05) is 18.0 Å². The molecule has 0 spiro atoms. The number of aromatic nitrogens is 1. The van der Waals surface area contributed by atoms with Gasteiger partial charge in [0.1, 0.15) is 5.82 Å². The predicted molar refractivity (Wildman–Crippen MR) is 91.3 cm³/mol. The number of carbonyl (C=O) groups is 1. The van der Waals surface area contributed by atoms with Crippen LogP contribution in [0.1, 0.15) is 19.4 Å². The second-order valence-corrected chi connectivity index (χ2v) is 5.06. The number of carbonyl (C=O) groups excluding carboxylic acids is 1. The molecule has 0 aliphatic heterocycles. The number of anilines is 1. The molecule has 1 aromatic carbocycles. The number of rotatable bonds is 5. The van der Waals surface area contributed by atoms with Gasteiger partial charge in [0.05, 0.1) is 6.54 Å². The first kappa shape index (κ1) is 17.5. The zero-order valence-electron chi connectivity index (χ0n) is 13.1. The molecule has 1 aromatic heterocycles. The molecular weight excluding hydrogens is 286 g/mol. The molecule has 0 unspecified atom stereocenters. The number of nitrogens with zero attached hydrogens (tertiary/aromatic N) is 2. The maximum absolute atomic E-state index is 12.2. The number of aryl methyl sites for hydroxylation is 2. The Morgan fingerprint density at radius 3 is 2.43 bits per heavy atom. The van der Waals surface area contributed by atoms with Crippen molar-refractivity contribution in [2.75, 3.05) is 25.0 Å². The van der Waals surface area contributed by atoms with E-state index in [1.807, 2.05) is 23.7 Å². The third-order valence-electron chi connectivity index (χ3n) is 3.88. The molecule has 116 valence electrons. The van der Waals surface area contributed by atoms with E-state index in [0.29, 0.717) is 6.54 Å². The van der Waals surface area contributed by atoms with Gasteiger partial charge in [-0.15, -0.1) is 12.4 Å². The Morgan fingerprint density at radius 2 is 1.86 bits per heavy atom. The van der Waals surface area contributed by atoms with E-state index >= 15 is 0 Å². The van der Waals surface area contributed by atoms with Gasteiger partial charge in [-0.25, -0.2) is 0 Å². The fourth-order valence-corrected chi connectivity index (χ4v) is 2.58. The van der Waals surface area contributed by atoms with E-state index in [2.05, 4.69) is 43.1 Å². The molecule has 0 saturated carbocycles. The van der Waals surface area contributed by atoms with E-state index in [1.54, 1.807) is 0 Å². The SMILES string of the molecule is CCN(CC)CC(=O)Nc1c(C)c2ccccc2n1C.Cl. The normalized spacial score (nSPS) is 10.7. The van der Waals surface area contributed by atoms with Crippen LogP contribution in [0.4, 0.5) is 5.82 Å². The average molecular weight is 310 g/mol. The van der Waals surface area contributed by atoms with E-state index < -0.39 is 0 Å². The Bertz CT molecular complexity index is 578. The van der Waals surface area contributed by atoms with Gasteiger partial charge >= 0.3 is 0 Å². The molecule has 0 atom stereocenters. The third-order valence-corrected chi connectivity index (χ3v) is 3.88. The zero-order valence-corrected chi connectivity index (χ0v) is 14.0. The van der Waals surface area contributed by atoms with Crippen molar-refractivity contribution >= 4 is 35.0 Å². The summed E-state index contributed by atoms with van der Waals surface area (Å²) in [5.41, 5.74) is 2.26. The average Bonchev–Trinajstić information content (AvgIpc) is 2.70. The van der Waals surface area contributed by atoms with Crippen LogP contribution in [-0.4, -0.2) is 35.0 Å². The van der Waals surface area contributed by atoms with Crippen molar-refractivity contribution < 1.29 is 4.79 Å². The number of para-hydroxylation sites is 1. The smallest absolute Gasteiger partial charge is 0.239 e. The van der Waals surface area contributed by atoms with Crippen LogP contribution in [0.25, 0.3) is 10.9 Å². The summed E-state index contributed by atoms with van der Waals surface area (Å²) in [6.45, 7) is 8.40. The molecule has 0 saturated heterocycles. The van der Waals surface area contributed by atoms with Gasteiger partial charge in [-0.1, -0.05) is 32.0 Å². The van der Waals surface area contributed by atoms with Crippen molar-refractivity contribution in [2.45, 2.75) is 20.8 Å². The molecule has 4 nitrogen and oxygen atoms in total. The Balaban J connectivity index is 0.00000220. The van der Waals surface area contributed by atoms with Gasteiger partial charge in [-0.3, -0.25) is 9.69 Å². The third kappa shape index (κ3) is 3.57. The second-order valence-electron chi connectivity index (χ2n) is 5.06.